The molecule has 1 amide bonds. The molecule has 1 aliphatic heterocycles. The number of H-pyrrole nitrogens is 1. The van der Waals surface area contributed by atoms with Gasteiger partial charge in [-0.25, -0.2) is 0 Å². The number of carbonyl (C=O) groups excluding carboxylic acids is 1. The Labute approximate surface area is 156 Å². The van der Waals surface area contributed by atoms with Gasteiger partial charge in [-0.05, 0) is 12.1 Å². The van der Waals surface area contributed by atoms with Gasteiger partial charge in [0.25, 0.3) is 5.91 Å². The summed E-state index contributed by atoms with van der Waals surface area (Å²) in [6, 6.07) is 5.29. The van der Waals surface area contributed by atoms with Gasteiger partial charge >= 0.3 is 0 Å². The van der Waals surface area contributed by atoms with E-state index in [0.717, 1.165) is 12.2 Å². The smallest absolute Gasteiger partial charge is 0.274 e. The van der Waals surface area contributed by atoms with E-state index in [1.165, 1.54) is 0 Å². The topological polar surface area (TPSA) is 100 Å². The maximum atomic E-state index is 12.7. The molecule has 0 aliphatic carbocycles. The maximum absolute atomic E-state index is 12.7. The molecule has 1 unspecified atom stereocenters. The average Bonchev–Trinajstić information content (AvgIpc) is 3.42. The van der Waals surface area contributed by atoms with Gasteiger partial charge in [-0.3, -0.25) is 14.9 Å². The van der Waals surface area contributed by atoms with Crippen LogP contribution in [0.2, 0.25) is 0 Å². The highest BCUT2D eigenvalue weighted by atomic mass is 16.5. The second kappa shape index (κ2) is 7.10. The number of likely N-dealkylation sites (tertiary alicyclic amines) is 1. The summed E-state index contributed by atoms with van der Waals surface area (Å²) < 4.78 is 11.2. The van der Waals surface area contributed by atoms with Crippen LogP contribution in [0.3, 0.4) is 0 Å². The molecule has 140 valence electrons. The Bertz CT molecular complexity index is 921. The van der Waals surface area contributed by atoms with E-state index in [1.54, 1.807) is 35.7 Å². The van der Waals surface area contributed by atoms with E-state index < -0.39 is 0 Å². The highest BCUT2D eigenvalue weighted by molar-refractivity contribution is 5.93. The molecule has 0 saturated carbocycles. The average molecular weight is 368 g/mol. The molecule has 0 spiro atoms. The highest BCUT2D eigenvalue weighted by Gasteiger charge is 2.30. The van der Waals surface area contributed by atoms with Gasteiger partial charge in [0.05, 0.1) is 25.2 Å². The molecule has 1 N–H and O–H groups in total. The van der Waals surface area contributed by atoms with Crippen LogP contribution in [0, 0.1) is 0 Å². The molecule has 3 aromatic rings. The Morgan fingerprint density at radius 2 is 2.30 bits per heavy atom. The highest BCUT2D eigenvalue weighted by Crippen LogP contribution is 2.22. The first-order chi connectivity index (χ1) is 13.1. The Morgan fingerprint density at radius 1 is 1.41 bits per heavy atom. The number of aromatic amines is 1. The van der Waals surface area contributed by atoms with Gasteiger partial charge in [0.15, 0.2) is 17.3 Å². The van der Waals surface area contributed by atoms with Crippen LogP contribution in [-0.4, -0.2) is 64.3 Å². The number of hydrogen-bond acceptors (Lipinski definition) is 7. The fourth-order valence-electron chi connectivity index (χ4n) is 2.94. The van der Waals surface area contributed by atoms with Gasteiger partial charge in [0.2, 0.25) is 5.88 Å². The summed E-state index contributed by atoms with van der Waals surface area (Å²) >= 11 is 0. The van der Waals surface area contributed by atoms with Crippen molar-refractivity contribution < 1.29 is 13.9 Å². The van der Waals surface area contributed by atoms with Crippen molar-refractivity contribution in [2.75, 3.05) is 32.1 Å². The first-order valence-corrected chi connectivity index (χ1v) is 8.65. The van der Waals surface area contributed by atoms with Gasteiger partial charge in [-0.15, -0.1) is 0 Å². The van der Waals surface area contributed by atoms with Crippen LogP contribution in [0.5, 0.6) is 5.88 Å². The van der Waals surface area contributed by atoms with Gasteiger partial charge in [-0.2, -0.15) is 10.1 Å². The summed E-state index contributed by atoms with van der Waals surface area (Å²) in [7, 11) is 3.79. The molecular weight excluding hydrogens is 348 g/mol. The fourth-order valence-corrected chi connectivity index (χ4v) is 2.94. The number of anilines is 1. The van der Waals surface area contributed by atoms with Crippen LogP contribution in [0.15, 0.2) is 41.3 Å². The second-order valence-electron chi connectivity index (χ2n) is 6.53. The summed E-state index contributed by atoms with van der Waals surface area (Å²) in [5, 5.41) is 6.95. The summed E-state index contributed by atoms with van der Waals surface area (Å²) in [4.78, 5) is 24.8. The number of rotatable bonds is 5. The molecule has 1 fully saturated rings. The zero-order valence-electron chi connectivity index (χ0n) is 15.1. The van der Waals surface area contributed by atoms with E-state index >= 15 is 0 Å². The summed E-state index contributed by atoms with van der Waals surface area (Å²) in [5.74, 6) is 1.69. The number of hydrogen-bond donors (Lipinski definition) is 1. The molecule has 1 aliphatic rings. The Balaban J connectivity index is 1.39. The molecule has 9 nitrogen and oxygen atoms in total. The van der Waals surface area contributed by atoms with E-state index in [-0.39, 0.29) is 12.0 Å². The Kier molecular flexibility index (Phi) is 4.49. The lowest BCUT2D eigenvalue weighted by molar-refractivity contribution is 0.0765. The molecule has 3 aromatic heterocycles. The number of nitrogens with zero attached hydrogens (tertiary/aromatic N) is 5. The van der Waals surface area contributed by atoms with E-state index in [0.29, 0.717) is 36.1 Å². The third-order valence-corrected chi connectivity index (χ3v) is 4.36. The SMILES string of the molecule is CN(C)c1cncc(OC2CCN(C(=O)c3cc(-c4ccco4)[nH]n3)C2)n1. The van der Waals surface area contributed by atoms with Crippen LogP contribution in [0.25, 0.3) is 11.5 Å². The van der Waals surface area contributed by atoms with Crippen LogP contribution < -0.4 is 9.64 Å². The van der Waals surface area contributed by atoms with E-state index in [2.05, 4.69) is 20.2 Å². The van der Waals surface area contributed by atoms with Gasteiger partial charge < -0.3 is 19.0 Å². The standard InChI is InChI=1S/C18H20N6O3/c1-23(2)16-9-19-10-17(20-16)27-12-5-6-24(11-12)18(25)14-8-13(21-22-14)15-4-3-7-26-15/h3-4,7-10,12H,5-6,11H2,1-2H3,(H,21,22). The lowest BCUT2D eigenvalue weighted by Crippen LogP contribution is -2.31. The van der Waals surface area contributed by atoms with Gasteiger partial charge in [0, 0.05) is 33.1 Å². The van der Waals surface area contributed by atoms with Gasteiger partial charge in [-0.1, -0.05) is 0 Å². The zero-order valence-corrected chi connectivity index (χ0v) is 15.1. The van der Waals surface area contributed by atoms with Gasteiger partial charge in [0.1, 0.15) is 11.8 Å². The second-order valence-corrected chi connectivity index (χ2v) is 6.53. The van der Waals surface area contributed by atoms with Crippen molar-refractivity contribution in [1.29, 1.82) is 0 Å². The Morgan fingerprint density at radius 3 is 3.07 bits per heavy atom. The lowest BCUT2D eigenvalue weighted by Gasteiger charge is -2.17. The van der Waals surface area contributed by atoms with Crippen molar-refractivity contribution >= 4 is 11.7 Å². The molecule has 4 heterocycles. The molecular formula is C18H20N6O3. The van der Waals surface area contributed by atoms with E-state index in [9.17, 15) is 4.79 Å². The van der Waals surface area contributed by atoms with Crippen molar-refractivity contribution in [2.45, 2.75) is 12.5 Å². The number of furan rings is 1. The minimum atomic E-state index is -0.136. The fraction of sp³-hybridized carbons (Fsp3) is 0.333. The largest absolute Gasteiger partial charge is 0.471 e. The number of amides is 1. The number of aromatic nitrogens is 4. The first-order valence-electron chi connectivity index (χ1n) is 8.65. The molecule has 0 bridgehead atoms. The Hall–Kier alpha value is -3.36. The van der Waals surface area contributed by atoms with Crippen molar-refractivity contribution in [3.63, 3.8) is 0 Å². The van der Waals surface area contributed by atoms with Crippen molar-refractivity contribution in [2.24, 2.45) is 0 Å². The zero-order chi connectivity index (χ0) is 18.8. The van der Waals surface area contributed by atoms with Crippen LogP contribution in [0.4, 0.5) is 5.82 Å². The maximum Gasteiger partial charge on any atom is 0.274 e. The molecule has 27 heavy (non-hydrogen) atoms. The lowest BCUT2D eigenvalue weighted by atomic mass is 10.3. The number of ether oxygens (including phenoxy) is 1. The van der Waals surface area contributed by atoms with E-state index in [4.69, 9.17) is 9.15 Å². The van der Waals surface area contributed by atoms with Crippen molar-refractivity contribution in [3.05, 3.63) is 42.5 Å². The number of carbonyl (C=O) groups is 1. The minimum Gasteiger partial charge on any atom is -0.471 e. The van der Waals surface area contributed by atoms with Crippen LogP contribution in [-0.2, 0) is 0 Å². The monoisotopic (exact) mass is 368 g/mol. The molecule has 0 aromatic carbocycles. The predicted molar refractivity (Wildman–Crippen MR) is 97.6 cm³/mol. The molecule has 9 heteroatoms. The third-order valence-electron chi connectivity index (χ3n) is 4.36. The molecule has 0 radical (unpaired) electrons. The third kappa shape index (κ3) is 3.62. The summed E-state index contributed by atoms with van der Waals surface area (Å²) in [6.45, 7) is 1.09. The summed E-state index contributed by atoms with van der Waals surface area (Å²) in [6.07, 6.45) is 5.44. The normalized spacial score (nSPS) is 16.5. The molecule has 1 saturated heterocycles. The van der Waals surface area contributed by atoms with Crippen LogP contribution in [0.1, 0.15) is 16.9 Å². The molecule has 1 atom stereocenters. The number of nitrogens with one attached hydrogen (secondary N) is 1. The molecule has 4 rings (SSSR count). The minimum absolute atomic E-state index is 0.121. The predicted octanol–water partition coefficient (Wildman–Crippen LogP) is 1.82. The van der Waals surface area contributed by atoms with Crippen molar-refractivity contribution in [3.8, 4) is 17.3 Å². The quantitative estimate of drug-likeness (QED) is 0.733. The van der Waals surface area contributed by atoms with Crippen molar-refractivity contribution in [1.82, 2.24) is 25.1 Å². The van der Waals surface area contributed by atoms with Crippen LogP contribution >= 0.6 is 0 Å². The van der Waals surface area contributed by atoms with E-state index in [1.807, 2.05) is 25.1 Å². The first kappa shape index (κ1) is 17.1. The summed E-state index contributed by atoms with van der Waals surface area (Å²) in [5.41, 5.74) is 1.03.